The lowest BCUT2D eigenvalue weighted by Crippen LogP contribution is -1.74. The summed E-state index contributed by atoms with van der Waals surface area (Å²) in [6.45, 7) is 0. The molecule has 118 valence electrons. The van der Waals surface area contributed by atoms with Crippen LogP contribution in [0.25, 0.3) is 22.3 Å². The summed E-state index contributed by atoms with van der Waals surface area (Å²) in [6.07, 6.45) is 13.5. The van der Waals surface area contributed by atoms with Gasteiger partial charge < -0.3 is 9.97 Å². The van der Waals surface area contributed by atoms with Crippen LogP contribution in [-0.2, 0) is 0 Å². The number of hydrogen-bond acceptors (Lipinski definition) is 3. The van der Waals surface area contributed by atoms with Crippen molar-refractivity contribution in [3.8, 4) is 22.3 Å². The van der Waals surface area contributed by atoms with Crippen LogP contribution in [-0.4, -0.2) is 26.2 Å². The minimum atomic E-state index is 0.590. The van der Waals surface area contributed by atoms with E-state index in [0.717, 1.165) is 17.4 Å². The van der Waals surface area contributed by atoms with Crippen LogP contribution in [0, 0.1) is 0 Å². The van der Waals surface area contributed by atoms with Gasteiger partial charge in [0.05, 0.1) is 5.69 Å². The molecule has 0 radical (unpaired) electrons. The average molecular weight is 316 g/mol. The van der Waals surface area contributed by atoms with Crippen LogP contribution in [0.2, 0.25) is 0 Å². The molecular formula is C19H16N4O. The highest BCUT2D eigenvalue weighted by molar-refractivity contribution is 5.76. The van der Waals surface area contributed by atoms with Crippen molar-refractivity contribution in [1.82, 2.24) is 19.9 Å². The molecule has 0 amide bonds. The summed E-state index contributed by atoms with van der Waals surface area (Å²) in [6, 6.07) is 11.6. The Labute approximate surface area is 139 Å². The molecule has 0 aliphatic heterocycles. The summed E-state index contributed by atoms with van der Waals surface area (Å²) in [5.74, 6) is 0. The van der Waals surface area contributed by atoms with Crippen molar-refractivity contribution >= 4 is 6.29 Å². The van der Waals surface area contributed by atoms with Gasteiger partial charge in [0.15, 0.2) is 6.29 Å². The highest BCUT2D eigenvalue weighted by Crippen LogP contribution is 2.18. The highest BCUT2D eigenvalue weighted by Gasteiger charge is 1.99. The zero-order valence-electron chi connectivity index (χ0n) is 12.9. The van der Waals surface area contributed by atoms with E-state index in [2.05, 4.69) is 19.9 Å². The van der Waals surface area contributed by atoms with Crippen LogP contribution < -0.4 is 0 Å². The number of hydrogen-bond donors (Lipinski definition) is 2. The number of rotatable bonds is 3. The Bertz CT molecular complexity index is 868. The molecule has 2 N–H and O–H groups in total. The van der Waals surface area contributed by atoms with Crippen LogP contribution in [0.1, 0.15) is 10.5 Å². The number of aromatic amines is 2. The molecule has 0 bridgehead atoms. The quantitative estimate of drug-likeness (QED) is 0.562. The summed E-state index contributed by atoms with van der Waals surface area (Å²) in [4.78, 5) is 24.1. The fraction of sp³-hybridized carbons (Fsp3) is 0. The molecule has 24 heavy (non-hydrogen) atoms. The Morgan fingerprint density at radius 1 is 0.750 bits per heavy atom. The van der Waals surface area contributed by atoms with Gasteiger partial charge >= 0.3 is 0 Å². The monoisotopic (exact) mass is 316 g/mol. The van der Waals surface area contributed by atoms with Gasteiger partial charge in [-0.3, -0.25) is 14.8 Å². The van der Waals surface area contributed by atoms with Crippen molar-refractivity contribution in [2.75, 3.05) is 0 Å². The van der Waals surface area contributed by atoms with E-state index in [1.54, 1.807) is 31.0 Å². The first-order chi connectivity index (χ1) is 11.9. The van der Waals surface area contributed by atoms with Crippen molar-refractivity contribution in [3.05, 3.63) is 85.5 Å². The van der Waals surface area contributed by atoms with Crippen LogP contribution in [0.4, 0.5) is 0 Å². The number of pyridine rings is 2. The number of aldehydes is 1. The molecule has 5 nitrogen and oxygen atoms in total. The van der Waals surface area contributed by atoms with E-state index in [-0.39, 0.29) is 0 Å². The zero-order valence-corrected chi connectivity index (χ0v) is 12.9. The van der Waals surface area contributed by atoms with Crippen LogP contribution >= 0.6 is 0 Å². The molecule has 4 aromatic heterocycles. The SMILES string of the molecule is O=Cc1cc(-c2ccncc2)c[nH]1.c1cc(-c2cc[nH]c2)ccn1. The molecule has 0 saturated heterocycles. The van der Waals surface area contributed by atoms with E-state index in [1.807, 2.05) is 48.8 Å². The first kappa shape index (κ1) is 15.4. The summed E-state index contributed by atoms with van der Waals surface area (Å²) in [5.41, 5.74) is 5.05. The lowest BCUT2D eigenvalue weighted by atomic mass is 10.1. The van der Waals surface area contributed by atoms with Gasteiger partial charge in [-0.25, -0.2) is 0 Å². The smallest absolute Gasteiger partial charge is 0.166 e. The average Bonchev–Trinajstić information content (AvgIpc) is 3.36. The minimum absolute atomic E-state index is 0.590. The van der Waals surface area contributed by atoms with Crippen molar-refractivity contribution in [2.24, 2.45) is 0 Å². The first-order valence-corrected chi connectivity index (χ1v) is 7.44. The second-order valence-electron chi connectivity index (χ2n) is 5.03. The molecule has 5 heteroatoms. The van der Waals surface area contributed by atoms with E-state index >= 15 is 0 Å². The normalized spacial score (nSPS) is 9.83. The first-order valence-electron chi connectivity index (χ1n) is 7.44. The maximum absolute atomic E-state index is 10.4. The molecule has 0 aliphatic rings. The van der Waals surface area contributed by atoms with Crippen molar-refractivity contribution in [1.29, 1.82) is 0 Å². The molecule has 0 atom stereocenters. The van der Waals surface area contributed by atoms with Crippen LogP contribution in [0.3, 0.4) is 0 Å². The molecule has 0 spiro atoms. The lowest BCUT2D eigenvalue weighted by Gasteiger charge is -1.93. The van der Waals surface area contributed by atoms with Crippen molar-refractivity contribution in [3.63, 3.8) is 0 Å². The Balaban J connectivity index is 0.000000143. The zero-order chi connectivity index (χ0) is 16.6. The molecule has 4 rings (SSSR count). The summed E-state index contributed by atoms with van der Waals surface area (Å²) in [5, 5.41) is 0. The second kappa shape index (κ2) is 7.69. The van der Waals surface area contributed by atoms with Crippen molar-refractivity contribution < 1.29 is 4.79 Å². The van der Waals surface area contributed by atoms with Crippen LogP contribution in [0.5, 0.6) is 0 Å². The summed E-state index contributed by atoms with van der Waals surface area (Å²) in [7, 11) is 0. The van der Waals surface area contributed by atoms with Gasteiger partial charge in [-0.1, -0.05) is 0 Å². The van der Waals surface area contributed by atoms with E-state index in [1.165, 1.54) is 11.1 Å². The number of carbonyl (C=O) groups excluding carboxylic acids is 1. The van der Waals surface area contributed by atoms with Gasteiger partial charge in [0.25, 0.3) is 0 Å². The number of H-pyrrole nitrogens is 2. The molecular weight excluding hydrogens is 300 g/mol. The third-order valence-corrected chi connectivity index (χ3v) is 3.46. The Morgan fingerprint density at radius 3 is 1.88 bits per heavy atom. The number of carbonyl (C=O) groups is 1. The molecule has 0 fully saturated rings. The maximum Gasteiger partial charge on any atom is 0.166 e. The van der Waals surface area contributed by atoms with Gasteiger partial charge in [-0.05, 0) is 58.7 Å². The molecule has 4 heterocycles. The third kappa shape index (κ3) is 3.84. The van der Waals surface area contributed by atoms with Crippen LogP contribution in [0.15, 0.2) is 79.8 Å². The Kier molecular flexibility index (Phi) is 4.94. The van der Waals surface area contributed by atoms with E-state index in [0.29, 0.717) is 5.69 Å². The standard InChI is InChI=1S/C10H8N2O.C9H8N2/c13-7-10-5-9(6-12-10)8-1-3-11-4-2-8;1-4-10-5-2-8(1)9-3-6-11-7-9/h1-7,12H;1-7,11H. The highest BCUT2D eigenvalue weighted by atomic mass is 16.1. The number of nitrogens with one attached hydrogen (secondary N) is 2. The lowest BCUT2D eigenvalue weighted by molar-refractivity contribution is 0.111. The van der Waals surface area contributed by atoms with Gasteiger partial charge in [-0.15, -0.1) is 0 Å². The summed E-state index contributed by atoms with van der Waals surface area (Å²) < 4.78 is 0. The molecule has 0 aliphatic carbocycles. The van der Waals surface area contributed by atoms with Gasteiger partial charge in [0.2, 0.25) is 0 Å². The second-order valence-corrected chi connectivity index (χ2v) is 5.03. The van der Waals surface area contributed by atoms with Crippen molar-refractivity contribution in [2.45, 2.75) is 0 Å². The van der Waals surface area contributed by atoms with Gasteiger partial charge in [0.1, 0.15) is 0 Å². The van der Waals surface area contributed by atoms with E-state index < -0.39 is 0 Å². The molecule has 0 saturated carbocycles. The molecule has 0 aromatic carbocycles. The Morgan fingerprint density at radius 2 is 1.38 bits per heavy atom. The molecule has 4 aromatic rings. The fourth-order valence-electron chi connectivity index (χ4n) is 2.24. The minimum Gasteiger partial charge on any atom is -0.367 e. The fourth-order valence-corrected chi connectivity index (χ4v) is 2.24. The number of aromatic nitrogens is 4. The largest absolute Gasteiger partial charge is 0.367 e. The third-order valence-electron chi connectivity index (χ3n) is 3.46. The van der Waals surface area contributed by atoms with E-state index in [4.69, 9.17) is 0 Å². The van der Waals surface area contributed by atoms with Gasteiger partial charge in [-0.2, -0.15) is 0 Å². The van der Waals surface area contributed by atoms with Gasteiger partial charge in [0, 0.05) is 43.4 Å². The predicted octanol–water partition coefficient (Wildman–Crippen LogP) is 3.97. The van der Waals surface area contributed by atoms with E-state index in [9.17, 15) is 4.79 Å². The Hall–Kier alpha value is -3.47. The maximum atomic E-state index is 10.4. The molecule has 0 unspecified atom stereocenters. The predicted molar refractivity (Wildman–Crippen MR) is 93.4 cm³/mol. The topological polar surface area (TPSA) is 74.4 Å². The number of nitrogens with zero attached hydrogens (tertiary/aromatic N) is 2. The summed E-state index contributed by atoms with van der Waals surface area (Å²) >= 11 is 0.